The fraction of sp³-hybridized carbons (Fsp3) is 0.533. The van der Waals surface area contributed by atoms with Crippen molar-refractivity contribution < 1.29 is 9.90 Å². The van der Waals surface area contributed by atoms with E-state index in [0.717, 1.165) is 5.56 Å². The number of phenols is 1. The topological polar surface area (TPSA) is 61.4 Å². The Hall–Kier alpha value is -1.55. The lowest BCUT2D eigenvalue weighted by atomic mass is 10.1. The van der Waals surface area contributed by atoms with E-state index in [0.29, 0.717) is 0 Å². The summed E-state index contributed by atoms with van der Waals surface area (Å²) in [6.45, 7) is 9.72. The first-order valence-electron chi connectivity index (χ1n) is 6.56. The first kappa shape index (κ1) is 15.5. The minimum Gasteiger partial charge on any atom is -0.508 e. The van der Waals surface area contributed by atoms with Gasteiger partial charge in [-0.05, 0) is 52.3 Å². The molecular weight excluding hydrogens is 240 g/mol. The van der Waals surface area contributed by atoms with Crippen LogP contribution in [0.4, 0.5) is 0 Å². The SMILES string of the molecule is CC(NC(C)c1ccc(O)cc1)C(=O)NC(C)(C)C. The first-order valence-corrected chi connectivity index (χ1v) is 6.56. The monoisotopic (exact) mass is 264 g/mol. The van der Waals surface area contributed by atoms with E-state index in [1.54, 1.807) is 12.1 Å². The quantitative estimate of drug-likeness (QED) is 0.782. The van der Waals surface area contributed by atoms with Gasteiger partial charge in [-0.3, -0.25) is 10.1 Å². The second kappa shape index (κ2) is 6.06. The molecule has 1 rings (SSSR count). The van der Waals surface area contributed by atoms with E-state index in [1.807, 2.05) is 46.8 Å². The number of benzene rings is 1. The highest BCUT2D eigenvalue weighted by Crippen LogP contribution is 2.16. The van der Waals surface area contributed by atoms with Gasteiger partial charge in [0.25, 0.3) is 0 Å². The largest absolute Gasteiger partial charge is 0.508 e. The average Bonchev–Trinajstić information content (AvgIpc) is 2.27. The van der Waals surface area contributed by atoms with Gasteiger partial charge in [-0.2, -0.15) is 0 Å². The van der Waals surface area contributed by atoms with Crippen LogP contribution in [0.15, 0.2) is 24.3 Å². The van der Waals surface area contributed by atoms with E-state index in [2.05, 4.69) is 10.6 Å². The zero-order valence-corrected chi connectivity index (χ0v) is 12.3. The minimum absolute atomic E-state index is 0.0156. The van der Waals surface area contributed by atoms with Gasteiger partial charge >= 0.3 is 0 Å². The van der Waals surface area contributed by atoms with Gasteiger partial charge in [0, 0.05) is 11.6 Å². The Bertz CT molecular complexity index is 421. The average molecular weight is 264 g/mol. The summed E-state index contributed by atoms with van der Waals surface area (Å²) in [7, 11) is 0. The van der Waals surface area contributed by atoms with Gasteiger partial charge in [-0.1, -0.05) is 12.1 Å². The van der Waals surface area contributed by atoms with E-state index in [9.17, 15) is 9.90 Å². The summed E-state index contributed by atoms with van der Waals surface area (Å²) in [6.07, 6.45) is 0. The number of carbonyl (C=O) groups is 1. The van der Waals surface area contributed by atoms with E-state index < -0.39 is 0 Å². The maximum absolute atomic E-state index is 12.0. The molecule has 2 atom stereocenters. The second-order valence-electron chi connectivity index (χ2n) is 5.94. The lowest BCUT2D eigenvalue weighted by Crippen LogP contribution is -2.49. The summed E-state index contributed by atoms with van der Waals surface area (Å²) < 4.78 is 0. The van der Waals surface area contributed by atoms with Crippen molar-refractivity contribution in [2.45, 2.75) is 52.2 Å². The standard InChI is InChI=1S/C15H24N2O2/c1-10(12-6-8-13(18)9-7-12)16-11(2)14(19)17-15(3,4)5/h6-11,16,18H,1-5H3,(H,17,19). The zero-order valence-electron chi connectivity index (χ0n) is 12.3. The van der Waals surface area contributed by atoms with Crippen molar-refractivity contribution in [3.8, 4) is 5.75 Å². The Kier molecular flexibility index (Phi) is 4.95. The number of aromatic hydroxyl groups is 1. The molecule has 4 heteroatoms. The number of phenolic OH excluding ortho intramolecular Hbond substituents is 1. The predicted molar refractivity (Wildman–Crippen MR) is 77.0 cm³/mol. The molecule has 0 radical (unpaired) electrons. The first-order chi connectivity index (χ1) is 8.69. The molecule has 0 saturated carbocycles. The van der Waals surface area contributed by atoms with Crippen LogP contribution in [-0.4, -0.2) is 22.6 Å². The van der Waals surface area contributed by atoms with Crippen molar-refractivity contribution >= 4 is 5.91 Å². The van der Waals surface area contributed by atoms with Gasteiger partial charge in [-0.25, -0.2) is 0 Å². The maximum atomic E-state index is 12.0. The van der Waals surface area contributed by atoms with Crippen LogP contribution in [0.25, 0.3) is 0 Å². The highest BCUT2D eigenvalue weighted by molar-refractivity contribution is 5.81. The minimum atomic E-state index is -0.275. The van der Waals surface area contributed by atoms with Crippen molar-refractivity contribution in [1.82, 2.24) is 10.6 Å². The molecule has 19 heavy (non-hydrogen) atoms. The molecular formula is C15H24N2O2. The number of carbonyl (C=O) groups excluding carboxylic acids is 1. The predicted octanol–water partition coefficient (Wildman–Crippen LogP) is 2.35. The summed E-state index contributed by atoms with van der Waals surface area (Å²) in [6, 6.07) is 6.76. The van der Waals surface area contributed by atoms with Crippen LogP contribution in [0.3, 0.4) is 0 Å². The van der Waals surface area contributed by atoms with Crippen molar-refractivity contribution in [1.29, 1.82) is 0 Å². The third-order valence-electron chi connectivity index (χ3n) is 2.78. The summed E-state index contributed by atoms with van der Waals surface area (Å²) in [5.41, 5.74) is 0.808. The molecule has 1 aromatic rings. The van der Waals surface area contributed by atoms with Crippen LogP contribution in [0.5, 0.6) is 5.75 Å². The third-order valence-corrected chi connectivity index (χ3v) is 2.78. The Balaban J connectivity index is 2.59. The molecule has 106 valence electrons. The Morgan fingerprint density at radius 1 is 1.16 bits per heavy atom. The Morgan fingerprint density at radius 2 is 1.68 bits per heavy atom. The number of hydrogen-bond acceptors (Lipinski definition) is 3. The highest BCUT2D eigenvalue weighted by atomic mass is 16.3. The van der Waals surface area contributed by atoms with Gasteiger partial charge < -0.3 is 10.4 Å². The number of rotatable bonds is 4. The van der Waals surface area contributed by atoms with E-state index >= 15 is 0 Å². The molecule has 0 fully saturated rings. The van der Waals surface area contributed by atoms with E-state index in [4.69, 9.17) is 0 Å². The molecule has 4 nitrogen and oxygen atoms in total. The highest BCUT2D eigenvalue weighted by Gasteiger charge is 2.20. The fourth-order valence-electron chi connectivity index (χ4n) is 1.79. The molecule has 0 aliphatic rings. The van der Waals surface area contributed by atoms with Crippen molar-refractivity contribution in [2.24, 2.45) is 0 Å². The summed E-state index contributed by atoms with van der Waals surface area (Å²) in [5.74, 6) is 0.229. The number of amides is 1. The second-order valence-corrected chi connectivity index (χ2v) is 5.94. The molecule has 3 N–H and O–H groups in total. The number of hydrogen-bond donors (Lipinski definition) is 3. The molecule has 0 heterocycles. The molecule has 1 aromatic carbocycles. The van der Waals surface area contributed by atoms with E-state index in [1.165, 1.54) is 0 Å². The van der Waals surface area contributed by atoms with Crippen molar-refractivity contribution in [3.63, 3.8) is 0 Å². The van der Waals surface area contributed by atoms with Crippen molar-refractivity contribution in [2.75, 3.05) is 0 Å². The van der Waals surface area contributed by atoms with Crippen LogP contribution in [0.1, 0.15) is 46.2 Å². The summed E-state index contributed by atoms with van der Waals surface area (Å²) >= 11 is 0. The van der Waals surface area contributed by atoms with Crippen LogP contribution in [-0.2, 0) is 4.79 Å². The normalized spacial score (nSPS) is 14.8. The van der Waals surface area contributed by atoms with Crippen LogP contribution in [0.2, 0.25) is 0 Å². The van der Waals surface area contributed by atoms with Crippen molar-refractivity contribution in [3.05, 3.63) is 29.8 Å². The lowest BCUT2D eigenvalue weighted by Gasteiger charge is -2.25. The molecule has 0 aliphatic heterocycles. The molecule has 0 bridgehead atoms. The van der Waals surface area contributed by atoms with Gasteiger partial charge in [0.15, 0.2) is 0 Å². The smallest absolute Gasteiger partial charge is 0.237 e. The maximum Gasteiger partial charge on any atom is 0.237 e. The lowest BCUT2D eigenvalue weighted by molar-refractivity contribution is -0.124. The van der Waals surface area contributed by atoms with Crippen LogP contribution >= 0.6 is 0 Å². The fourth-order valence-corrected chi connectivity index (χ4v) is 1.79. The van der Waals surface area contributed by atoms with Gasteiger partial charge in [0.1, 0.15) is 5.75 Å². The zero-order chi connectivity index (χ0) is 14.6. The number of nitrogens with one attached hydrogen (secondary N) is 2. The molecule has 1 amide bonds. The van der Waals surface area contributed by atoms with Gasteiger partial charge in [0.2, 0.25) is 5.91 Å². The molecule has 2 unspecified atom stereocenters. The molecule has 0 aliphatic carbocycles. The molecule has 0 saturated heterocycles. The van der Waals surface area contributed by atoms with Crippen LogP contribution in [0, 0.1) is 0 Å². The summed E-state index contributed by atoms with van der Waals surface area (Å²) in [4.78, 5) is 12.0. The van der Waals surface area contributed by atoms with Gasteiger partial charge in [0.05, 0.1) is 6.04 Å². The third kappa shape index (κ3) is 5.30. The van der Waals surface area contributed by atoms with Gasteiger partial charge in [-0.15, -0.1) is 0 Å². The van der Waals surface area contributed by atoms with Crippen LogP contribution < -0.4 is 10.6 Å². The Labute approximate surface area is 115 Å². The summed E-state index contributed by atoms with van der Waals surface area (Å²) in [5, 5.41) is 15.4. The van der Waals surface area contributed by atoms with E-state index in [-0.39, 0.29) is 29.3 Å². The molecule has 0 spiro atoms. The Morgan fingerprint density at radius 3 is 2.16 bits per heavy atom. The molecule has 0 aromatic heterocycles.